The second-order valence-corrected chi connectivity index (χ2v) is 9.00. The minimum Gasteiger partial charge on any atom is -0.484 e. The first-order chi connectivity index (χ1) is 14.5. The van der Waals surface area contributed by atoms with Crippen molar-refractivity contribution in [3.8, 4) is 5.75 Å². The quantitative estimate of drug-likeness (QED) is 0.483. The molecule has 0 aliphatic carbocycles. The number of halogens is 4. The molecule has 0 aliphatic rings. The van der Waals surface area contributed by atoms with Gasteiger partial charge in [-0.1, -0.05) is 11.3 Å². The minimum absolute atomic E-state index is 0.0153. The summed E-state index contributed by atoms with van der Waals surface area (Å²) in [7, 11) is -3.89. The van der Waals surface area contributed by atoms with Crippen LogP contribution in [0.2, 0.25) is 0 Å². The summed E-state index contributed by atoms with van der Waals surface area (Å²) in [4.78, 5) is 16.1. The molecule has 166 valence electrons. The highest BCUT2D eigenvalue weighted by Gasteiger charge is 2.28. The molecule has 0 atom stereocenters. The zero-order valence-electron chi connectivity index (χ0n) is 15.6. The maximum Gasteiger partial charge on any atom is 0.422 e. The van der Waals surface area contributed by atoms with Crippen molar-refractivity contribution in [1.29, 1.82) is 0 Å². The van der Waals surface area contributed by atoms with Gasteiger partial charge in [0.2, 0.25) is 15.9 Å². The van der Waals surface area contributed by atoms with Gasteiger partial charge < -0.3 is 10.1 Å². The number of fused-ring (bicyclic) bond motifs is 1. The van der Waals surface area contributed by atoms with Crippen LogP contribution in [0, 0.1) is 5.82 Å². The predicted molar refractivity (Wildman–Crippen MR) is 106 cm³/mol. The van der Waals surface area contributed by atoms with Crippen molar-refractivity contribution in [2.45, 2.75) is 17.5 Å². The second-order valence-electron chi connectivity index (χ2n) is 6.20. The first-order valence-electron chi connectivity index (χ1n) is 8.67. The van der Waals surface area contributed by atoms with Gasteiger partial charge in [-0.3, -0.25) is 4.79 Å². The van der Waals surface area contributed by atoms with Crippen LogP contribution >= 0.6 is 11.3 Å². The Morgan fingerprint density at radius 2 is 1.84 bits per heavy atom. The van der Waals surface area contributed by atoms with Crippen LogP contribution in [0.4, 0.5) is 22.7 Å². The van der Waals surface area contributed by atoms with E-state index in [9.17, 15) is 30.8 Å². The molecular weight excluding hydrogens is 462 g/mol. The Kier molecular flexibility index (Phi) is 6.77. The number of anilines is 1. The van der Waals surface area contributed by atoms with Gasteiger partial charge in [0.05, 0.1) is 15.1 Å². The third-order valence-corrected chi connectivity index (χ3v) is 6.19. The predicted octanol–water partition coefficient (Wildman–Crippen LogP) is 3.68. The average molecular weight is 477 g/mol. The van der Waals surface area contributed by atoms with Crippen molar-refractivity contribution in [3.05, 3.63) is 48.3 Å². The molecule has 0 unspecified atom stereocenters. The maximum atomic E-state index is 12.9. The fourth-order valence-corrected chi connectivity index (χ4v) is 4.33. The monoisotopic (exact) mass is 477 g/mol. The van der Waals surface area contributed by atoms with Crippen LogP contribution in [-0.4, -0.2) is 38.6 Å². The first-order valence-corrected chi connectivity index (χ1v) is 11.0. The number of hydrogen-bond acceptors (Lipinski definition) is 6. The number of carbonyl (C=O) groups is 1. The summed E-state index contributed by atoms with van der Waals surface area (Å²) in [5.41, 5.74) is 0.455. The molecule has 1 aromatic heterocycles. The standard InChI is InChI=1S/C18H15F4N3O4S2/c19-11-1-4-13(5-2-11)31(27,28)23-8-7-16(26)25-17-24-14-6-3-12(9-15(14)30-17)29-10-18(20,21)22/h1-6,9,23H,7-8,10H2,(H,24,25,26). The zero-order chi connectivity index (χ0) is 22.6. The highest BCUT2D eigenvalue weighted by atomic mass is 32.2. The van der Waals surface area contributed by atoms with E-state index in [2.05, 4.69) is 19.8 Å². The lowest BCUT2D eigenvalue weighted by Crippen LogP contribution is -2.27. The van der Waals surface area contributed by atoms with E-state index in [1.165, 1.54) is 18.2 Å². The summed E-state index contributed by atoms with van der Waals surface area (Å²) in [6.45, 7) is -1.62. The fourth-order valence-electron chi connectivity index (χ4n) is 2.39. The van der Waals surface area contributed by atoms with Crippen LogP contribution in [0.25, 0.3) is 10.2 Å². The summed E-state index contributed by atoms with van der Waals surface area (Å²) in [6.07, 6.45) is -4.66. The number of nitrogens with one attached hydrogen (secondary N) is 2. The van der Waals surface area contributed by atoms with Crippen LogP contribution in [0.3, 0.4) is 0 Å². The third-order valence-electron chi connectivity index (χ3n) is 3.78. The number of benzene rings is 2. The van der Waals surface area contributed by atoms with Crippen LogP contribution in [0.15, 0.2) is 47.4 Å². The lowest BCUT2D eigenvalue weighted by Gasteiger charge is -2.08. The summed E-state index contributed by atoms with van der Waals surface area (Å²) >= 11 is 1.03. The van der Waals surface area contributed by atoms with Gasteiger partial charge >= 0.3 is 6.18 Å². The number of thiazole rings is 1. The highest BCUT2D eigenvalue weighted by molar-refractivity contribution is 7.89. The number of carbonyl (C=O) groups excluding carboxylic acids is 1. The number of ether oxygens (including phenoxy) is 1. The van der Waals surface area contributed by atoms with Gasteiger partial charge in [0.1, 0.15) is 11.6 Å². The fraction of sp³-hybridized carbons (Fsp3) is 0.222. The lowest BCUT2D eigenvalue weighted by molar-refractivity contribution is -0.153. The number of nitrogens with zero attached hydrogens (tertiary/aromatic N) is 1. The molecule has 3 aromatic rings. The summed E-state index contributed by atoms with van der Waals surface area (Å²) in [5, 5.41) is 2.71. The van der Waals surface area contributed by atoms with Crippen molar-refractivity contribution in [1.82, 2.24) is 9.71 Å². The van der Waals surface area contributed by atoms with Crippen molar-refractivity contribution < 1.29 is 35.5 Å². The number of amides is 1. The van der Waals surface area contributed by atoms with Crippen molar-refractivity contribution in [2.24, 2.45) is 0 Å². The smallest absolute Gasteiger partial charge is 0.422 e. The highest BCUT2D eigenvalue weighted by Crippen LogP contribution is 2.30. The molecule has 0 aliphatic heterocycles. The van der Waals surface area contributed by atoms with E-state index in [-0.39, 0.29) is 28.7 Å². The van der Waals surface area contributed by atoms with Gasteiger partial charge in [-0.2, -0.15) is 13.2 Å². The van der Waals surface area contributed by atoms with Crippen LogP contribution < -0.4 is 14.8 Å². The molecule has 0 saturated carbocycles. The van der Waals surface area contributed by atoms with E-state index in [0.717, 1.165) is 35.6 Å². The van der Waals surface area contributed by atoms with Gasteiger partial charge in [0.15, 0.2) is 11.7 Å². The average Bonchev–Trinajstić information content (AvgIpc) is 3.07. The van der Waals surface area contributed by atoms with Crippen molar-refractivity contribution in [2.75, 3.05) is 18.5 Å². The molecule has 1 heterocycles. The number of aromatic nitrogens is 1. The lowest BCUT2D eigenvalue weighted by atomic mass is 10.3. The molecule has 13 heteroatoms. The Hall–Kier alpha value is -2.77. The molecule has 0 fully saturated rings. The molecular formula is C18H15F4N3O4S2. The van der Waals surface area contributed by atoms with E-state index in [1.54, 1.807) is 0 Å². The number of hydrogen-bond donors (Lipinski definition) is 2. The Morgan fingerprint density at radius 3 is 2.52 bits per heavy atom. The van der Waals surface area contributed by atoms with E-state index in [0.29, 0.717) is 10.2 Å². The Morgan fingerprint density at radius 1 is 1.13 bits per heavy atom. The molecule has 0 spiro atoms. The summed E-state index contributed by atoms with van der Waals surface area (Å²) in [5.74, 6) is -1.08. The molecule has 0 radical (unpaired) electrons. The first kappa shape index (κ1) is 22.9. The Labute approximate surface area is 178 Å². The Bertz CT molecular complexity index is 1180. The number of sulfonamides is 1. The van der Waals surface area contributed by atoms with E-state index >= 15 is 0 Å². The van der Waals surface area contributed by atoms with E-state index in [4.69, 9.17) is 0 Å². The maximum absolute atomic E-state index is 12.9. The number of alkyl halides is 3. The molecule has 0 bridgehead atoms. The van der Waals surface area contributed by atoms with Gasteiger partial charge in [-0.15, -0.1) is 0 Å². The van der Waals surface area contributed by atoms with E-state index in [1.807, 2.05) is 0 Å². The van der Waals surface area contributed by atoms with Crippen LogP contribution in [0.1, 0.15) is 6.42 Å². The largest absolute Gasteiger partial charge is 0.484 e. The molecule has 2 N–H and O–H groups in total. The van der Waals surface area contributed by atoms with Crippen LogP contribution in [-0.2, 0) is 14.8 Å². The minimum atomic E-state index is -4.46. The summed E-state index contributed by atoms with van der Waals surface area (Å²) in [6, 6.07) is 8.40. The molecule has 31 heavy (non-hydrogen) atoms. The van der Waals surface area contributed by atoms with E-state index < -0.39 is 34.5 Å². The zero-order valence-corrected chi connectivity index (χ0v) is 17.2. The van der Waals surface area contributed by atoms with Crippen molar-refractivity contribution in [3.63, 3.8) is 0 Å². The molecule has 7 nitrogen and oxygen atoms in total. The van der Waals surface area contributed by atoms with Crippen LogP contribution in [0.5, 0.6) is 5.75 Å². The number of rotatable bonds is 8. The normalized spacial score (nSPS) is 12.1. The molecule has 1 amide bonds. The third kappa shape index (κ3) is 6.60. The Balaban J connectivity index is 1.54. The van der Waals surface area contributed by atoms with Gasteiger partial charge in [0.25, 0.3) is 0 Å². The van der Waals surface area contributed by atoms with Crippen molar-refractivity contribution >= 4 is 42.6 Å². The molecule has 2 aromatic carbocycles. The second kappa shape index (κ2) is 9.16. The molecule has 0 saturated heterocycles. The molecule has 3 rings (SSSR count). The van der Waals surface area contributed by atoms with Gasteiger partial charge in [-0.05, 0) is 42.5 Å². The SMILES string of the molecule is O=C(CCNS(=O)(=O)c1ccc(F)cc1)Nc1nc2ccc(OCC(F)(F)F)cc2s1. The summed E-state index contributed by atoms with van der Waals surface area (Å²) < 4.78 is 81.3. The van der Waals surface area contributed by atoms with Gasteiger partial charge in [0, 0.05) is 13.0 Å². The van der Waals surface area contributed by atoms with Gasteiger partial charge in [-0.25, -0.2) is 22.5 Å². The topological polar surface area (TPSA) is 97.4 Å².